The Hall–Kier alpha value is -1.49. The van der Waals surface area contributed by atoms with Crippen LogP contribution in [0.4, 0.5) is 5.69 Å². The van der Waals surface area contributed by atoms with Crippen molar-refractivity contribution < 1.29 is 4.79 Å². The van der Waals surface area contributed by atoms with Gasteiger partial charge in [-0.1, -0.05) is 23.7 Å². The number of thioether (sulfide) groups is 1. The zero-order valence-electron chi connectivity index (χ0n) is 13.5. The molecule has 23 heavy (non-hydrogen) atoms. The summed E-state index contributed by atoms with van der Waals surface area (Å²) in [6, 6.07) is 15.3. The van der Waals surface area contributed by atoms with E-state index in [0.717, 1.165) is 12.2 Å². The van der Waals surface area contributed by atoms with Crippen molar-refractivity contribution in [2.75, 3.05) is 18.6 Å². The molecule has 1 atom stereocenters. The average Bonchev–Trinajstić information content (AvgIpc) is 2.56. The van der Waals surface area contributed by atoms with Gasteiger partial charge in [-0.15, -0.1) is 11.8 Å². The normalized spacial score (nSPS) is 12.2. The first-order valence-corrected chi connectivity index (χ1v) is 8.99. The van der Waals surface area contributed by atoms with Gasteiger partial charge in [-0.2, -0.15) is 0 Å². The lowest BCUT2D eigenvalue weighted by Gasteiger charge is -2.24. The quantitative estimate of drug-likeness (QED) is 0.779. The SMILES string of the molecule is CSc1ccc(CN(C)[C@H](C)C(=O)Nc2ccc(Cl)cc2)cc1. The van der Waals surface area contributed by atoms with E-state index in [9.17, 15) is 4.79 Å². The van der Waals surface area contributed by atoms with Crippen LogP contribution in [0.3, 0.4) is 0 Å². The third-order valence-corrected chi connectivity index (χ3v) is 4.74. The molecule has 0 aliphatic carbocycles. The van der Waals surface area contributed by atoms with E-state index < -0.39 is 0 Å². The van der Waals surface area contributed by atoms with Crippen molar-refractivity contribution in [3.8, 4) is 0 Å². The summed E-state index contributed by atoms with van der Waals surface area (Å²) in [6.45, 7) is 2.63. The van der Waals surface area contributed by atoms with Gasteiger partial charge in [0.25, 0.3) is 0 Å². The topological polar surface area (TPSA) is 32.3 Å². The van der Waals surface area contributed by atoms with Crippen LogP contribution in [0, 0.1) is 0 Å². The van der Waals surface area contributed by atoms with Crippen LogP contribution in [-0.4, -0.2) is 30.2 Å². The van der Waals surface area contributed by atoms with Gasteiger partial charge in [-0.05, 0) is 62.2 Å². The highest BCUT2D eigenvalue weighted by atomic mass is 35.5. The number of amides is 1. The summed E-state index contributed by atoms with van der Waals surface area (Å²) in [6.07, 6.45) is 2.06. The Kier molecular flexibility index (Phi) is 6.51. The molecule has 5 heteroatoms. The summed E-state index contributed by atoms with van der Waals surface area (Å²) in [5.74, 6) is -0.0319. The molecule has 2 aromatic carbocycles. The minimum Gasteiger partial charge on any atom is -0.325 e. The molecular formula is C18H21ClN2OS. The molecule has 122 valence electrons. The molecule has 0 aliphatic heterocycles. The summed E-state index contributed by atoms with van der Waals surface area (Å²) in [5.41, 5.74) is 1.94. The van der Waals surface area contributed by atoms with Crippen molar-refractivity contribution in [3.63, 3.8) is 0 Å². The highest BCUT2D eigenvalue weighted by molar-refractivity contribution is 7.98. The number of hydrogen-bond acceptors (Lipinski definition) is 3. The zero-order valence-corrected chi connectivity index (χ0v) is 15.1. The molecule has 0 radical (unpaired) electrons. The lowest BCUT2D eigenvalue weighted by Crippen LogP contribution is -2.39. The van der Waals surface area contributed by atoms with Gasteiger partial charge in [0.15, 0.2) is 0 Å². The Morgan fingerprint density at radius 2 is 1.78 bits per heavy atom. The van der Waals surface area contributed by atoms with Gasteiger partial charge in [-0.3, -0.25) is 9.69 Å². The second-order valence-corrected chi connectivity index (χ2v) is 6.75. The smallest absolute Gasteiger partial charge is 0.241 e. The fraction of sp³-hybridized carbons (Fsp3) is 0.278. The van der Waals surface area contributed by atoms with Crippen LogP contribution in [0.2, 0.25) is 5.02 Å². The van der Waals surface area contributed by atoms with Crippen molar-refractivity contribution in [2.24, 2.45) is 0 Å². The van der Waals surface area contributed by atoms with Gasteiger partial charge in [-0.25, -0.2) is 0 Å². The lowest BCUT2D eigenvalue weighted by atomic mass is 10.2. The molecule has 2 rings (SSSR count). The summed E-state index contributed by atoms with van der Waals surface area (Å²) in [4.78, 5) is 15.6. The number of hydrogen-bond donors (Lipinski definition) is 1. The zero-order chi connectivity index (χ0) is 16.8. The predicted molar refractivity (Wildman–Crippen MR) is 99.2 cm³/mol. The number of halogens is 1. The molecular weight excluding hydrogens is 328 g/mol. The molecule has 3 nitrogen and oxygen atoms in total. The first-order chi connectivity index (χ1) is 11.0. The monoisotopic (exact) mass is 348 g/mol. The summed E-state index contributed by atoms with van der Waals surface area (Å²) in [5, 5.41) is 3.57. The Morgan fingerprint density at radius 3 is 2.35 bits per heavy atom. The van der Waals surface area contributed by atoms with E-state index >= 15 is 0 Å². The molecule has 0 heterocycles. The number of anilines is 1. The van der Waals surface area contributed by atoms with Crippen LogP contribution in [0.25, 0.3) is 0 Å². The number of rotatable bonds is 6. The molecule has 0 saturated heterocycles. The van der Waals surface area contributed by atoms with Gasteiger partial charge >= 0.3 is 0 Å². The molecule has 0 bridgehead atoms. The van der Waals surface area contributed by atoms with Gasteiger partial charge < -0.3 is 5.32 Å². The number of nitrogens with zero attached hydrogens (tertiary/aromatic N) is 1. The Morgan fingerprint density at radius 1 is 1.17 bits per heavy atom. The van der Waals surface area contributed by atoms with E-state index in [1.165, 1.54) is 10.5 Å². The van der Waals surface area contributed by atoms with Crippen LogP contribution >= 0.6 is 23.4 Å². The van der Waals surface area contributed by atoms with Crippen LogP contribution in [0.15, 0.2) is 53.4 Å². The van der Waals surface area contributed by atoms with Crippen molar-refractivity contribution in [1.82, 2.24) is 4.90 Å². The third kappa shape index (κ3) is 5.27. The van der Waals surface area contributed by atoms with Crippen LogP contribution < -0.4 is 5.32 Å². The average molecular weight is 349 g/mol. The van der Waals surface area contributed by atoms with Gasteiger partial charge in [0.2, 0.25) is 5.91 Å². The lowest BCUT2D eigenvalue weighted by molar-refractivity contribution is -0.120. The molecule has 0 aromatic heterocycles. The highest BCUT2D eigenvalue weighted by Crippen LogP contribution is 2.17. The second kappa shape index (κ2) is 8.39. The first-order valence-electron chi connectivity index (χ1n) is 7.39. The van der Waals surface area contributed by atoms with E-state index in [4.69, 9.17) is 11.6 Å². The molecule has 0 saturated carbocycles. The maximum atomic E-state index is 12.3. The van der Waals surface area contributed by atoms with E-state index in [1.807, 2.05) is 18.9 Å². The Bertz CT molecular complexity index is 643. The van der Waals surface area contributed by atoms with E-state index in [-0.39, 0.29) is 11.9 Å². The molecule has 2 aromatic rings. The maximum absolute atomic E-state index is 12.3. The third-order valence-electron chi connectivity index (χ3n) is 3.74. The van der Waals surface area contributed by atoms with E-state index in [1.54, 1.807) is 36.0 Å². The number of nitrogens with one attached hydrogen (secondary N) is 1. The summed E-state index contributed by atoms with van der Waals surface area (Å²) < 4.78 is 0. The van der Waals surface area contributed by atoms with Crippen LogP contribution in [0.5, 0.6) is 0 Å². The molecule has 1 amide bonds. The van der Waals surface area contributed by atoms with Gasteiger partial charge in [0, 0.05) is 22.2 Å². The number of carbonyl (C=O) groups is 1. The minimum absolute atomic E-state index is 0.0319. The van der Waals surface area contributed by atoms with Crippen LogP contribution in [0.1, 0.15) is 12.5 Å². The molecule has 0 fully saturated rings. The Balaban J connectivity index is 1.93. The van der Waals surface area contributed by atoms with E-state index in [0.29, 0.717) is 5.02 Å². The Labute approximate surface area is 147 Å². The van der Waals surface area contributed by atoms with Crippen LogP contribution in [-0.2, 0) is 11.3 Å². The van der Waals surface area contributed by atoms with E-state index in [2.05, 4.69) is 35.8 Å². The highest BCUT2D eigenvalue weighted by Gasteiger charge is 2.18. The minimum atomic E-state index is -0.231. The fourth-order valence-electron chi connectivity index (χ4n) is 2.14. The molecule has 0 unspecified atom stereocenters. The largest absolute Gasteiger partial charge is 0.325 e. The molecule has 1 N–H and O–H groups in total. The van der Waals surface area contributed by atoms with Crippen molar-refractivity contribution in [2.45, 2.75) is 24.4 Å². The number of carbonyl (C=O) groups excluding carboxylic acids is 1. The van der Waals surface area contributed by atoms with Gasteiger partial charge in [0.1, 0.15) is 0 Å². The first kappa shape index (κ1) is 17.9. The summed E-state index contributed by atoms with van der Waals surface area (Å²) in [7, 11) is 1.95. The number of benzene rings is 2. The molecule has 0 aliphatic rings. The maximum Gasteiger partial charge on any atom is 0.241 e. The summed E-state index contributed by atoms with van der Waals surface area (Å²) >= 11 is 7.57. The fourth-order valence-corrected chi connectivity index (χ4v) is 2.67. The van der Waals surface area contributed by atoms with Crippen molar-refractivity contribution in [1.29, 1.82) is 0 Å². The second-order valence-electron chi connectivity index (χ2n) is 5.44. The van der Waals surface area contributed by atoms with Gasteiger partial charge in [0.05, 0.1) is 6.04 Å². The predicted octanol–water partition coefficient (Wildman–Crippen LogP) is 4.52. The number of likely N-dealkylation sites (N-methyl/N-ethyl adjacent to an activating group) is 1. The molecule has 0 spiro atoms. The van der Waals surface area contributed by atoms with Crippen molar-refractivity contribution in [3.05, 3.63) is 59.1 Å². The standard InChI is InChI=1S/C18H21ClN2OS/c1-13(18(22)20-16-8-6-15(19)7-9-16)21(2)12-14-4-10-17(23-3)11-5-14/h4-11,13H,12H2,1-3H3,(H,20,22)/t13-/m1/s1. The van der Waals surface area contributed by atoms with Crippen molar-refractivity contribution >= 4 is 35.0 Å².